The number of benzene rings is 3. The third-order valence-electron chi connectivity index (χ3n) is 5.90. The average molecular weight is 423 g/mol. The van der Waals surface area contributed by atoms with E-state index in [0.717, 1.165) is 11.0 Å². The zero-order valence-corrected chi connectivity index (χ0v) is 16.8. The fraction of sp³-hybridized carbons (Fsp3) is 0.0833. The van der Waals surface area contributed by atoms with Gasteiger partial charge in [-0.1, -0.05) is 30.3 Å². The topological polar surface area (TPSA) is 98.4 Å². The van der Waals surface area contributed by atoms with E-state index in [0.29, 0.717) is 28.1 Å². The molecule has 2 N–H and O–H groups in total. The number of nitrogens with one attached hydrogen (secondary N) is 2. The van der Waals surface area contributed by atoms with E-state index in [4.69, 9.17) is 0 Å². The lowest BCUT2D eigenvalue weighted by Gasteiger charge is -2.40. The number of aromatic nitrogens is 2. The number of hydrogen-bond donors (Lipinski definition) is 2. The Labute approximate surface area is 182 Å². The van der Waals surface area contributed by atoms with E-state index in [1.807, 2.05) is 12.1 Å². The molecule has 32 heavy (non-hydrogen) atoms. The third-order valence-corrected chi connectivity index (χ3v) is 5.90. The van der Waals surface area contributed by atoms with Crippen molar-refractivity contribution in [2.24, 2.45) is 0 Å². The van der Waals surface area contributed by atoms with Crippen LogP contribution in [0.15, 0.2) is 73.1 Å². The van der Waals surface area contributed by atoms with E-state index in [-0.39, 0.29) is 24.3 Å². The molecule has 1 aromatic heterocycles. The first-order valence-corrected chi connectivity index (χ1v) is 10.2. The van der Waals surface area contributed by atoms with Gasteiger partial charge in [-0.15, -0.1) is 0 Å². The Bertz CT molecular complexity index is 1430. The predicted molar refractivity (Wildman–Crippen MR) is 118 cm³/mol. The lowest BCUT2D eigenvalue weighted by atomic mass is 10.0. The van der Waals surface area contributed by atoms with Crippen molar-refractivity contribution in [1.29, 1.82) is 0 Å². The van der Waals surface area contributed by atoms with Gasteiger partial charge in [0.2, 0.25) is 5.91 Å². The summed E-state index contributed by atoms with van der Waals surface area (Å²) < 4.78 is 0. The standard InChI is InChI=1S/C24H17N5O3/c30-21(27-14-9-10-18-19(11-14)26-13-25-18)12-28-22-15-5-1-2-6-16(15)24(32)29(22)20-8-4-3-7-17(20)23(28)31/h1-11,13,22H,12H2,(H,25,26)(H,27,30)/t22-/m0/s1. The highest BCUT2D eigenvalue weighted by atomic mass is 16.2. The molecule has 0 unspecified atom stereocenters. The van der Waals surface area contributed by atoms with E-state index in [1.165, 1.54) is 4.90 Å². The first kappa shape index (κ1) is 18.3. The van der Waals surface area contributed by atoms with Crippen LogP contribution >= 0.6 is 0 Å². The van der Waals surface area contributed by atoms with Gasteiger partial charge in [0.15, 0.2) is 0 Å². The second kappa shape index (κ2) is 6.78. The summed E-state index contributed by atoms with van der Waals surface area (Å²) in [6.07, 6.45) is 0.922. The van der Waals surface area contributed by atoms with Gasteiger partial charge in [-0.05, 0) is 36.4 Å². The number of para-hydroxylation sites is 1. The second-order valence-electron chi connectivity index (χ2n) is 7.77. The monoisotopic (exact) mass is 423 g/mol. The van der Waals surface area contributed by atoms with Crippen molar-refractivity contribution in [3.63, 3.8) is 0 Å². The molecule has 8 heteroatoms. The van der Waals surface area contributed by atoms with Crippen molar-refractivity contribution in [3.05, 3.63) is 89.7 Å². The molecule has 6 rings (SSSR count). The number of amides is 3. The number of fused-ring (bicyclic) bond motifs is 6. The molecule has 0 saturated carbocycles. The van der Waals surface area contributed by atoms with Crippen LogP contribution in [0, 0.1) is 0 Å². The van der Waals surface area contributed by atoms with Gasteiger partial charge in [-0.2, -0.15) is 0 Å². The lowest BCUT2D eigenvalue weighted by molar-refractivity contribution is -0.117. The Morgan fingerprint density at radius 1 is 0.969 bits per heavy atom. The van der Waals surface area contributed by atoms with E-state index in [9.17, 15) is 14.4 Å². The number of hydrogen-bond acceptors (Lipinski definition) is 4. The molecule has 3 aromatic carbocycles. The van der Waals surface area contributed by atoms with E-state index in [2.05, 4.69) is 15.3 Å². The fourth-order valence-corrected chi connectivity index (χ4v) is 4.50. The van der Waals surface area contributed by atoms with Gasteiger partial charge in [0, 0.05) is 16.8 Å². The highest BCUT2D eigenvalue weighted by Crippen LogP contribution is 2.44. The van der Waals surface area contributed by atoms with Gasteiger partial charge in [0.25, 0.3) is 11.8 Å². The molecule has 0 aliphatic carbocycles. The van der Waals surface area contributed by atoms with Crippen molar-refractivity contribution < 1.29 is 14.4 Å². The van der Waals surface area contributed by atoms with Crippen LogP contribution in [-0.4, -0.2) is 39.1 Å². The Kier molecular flexibility index (Phi) is 3.88. The maximum Gasteiger partial charge on any atom is 0.260 e. The summed E-state index contributed by atoms with van der Waals surface area (Å²) in [6.45, 7) is -0.197. The molecule has 0 fully saturated rings. The predicted octanol–water partition coefficient (Wildman–Crippen LogP) is 3.32. The Balaban J connectivity index is 1.36. The van der Waals surface area contributed by atoms with Gasteiger partial charge in [-0.25, -0.2) is 4.98 Å². The molecule has 156 valence electrons. The van der Waals surface area contributed by atoms with Gasteiger partial charge < -0.3 is 15.2 Å². The summed E-state index contributed by atoms with van der Waals surface area (Å²) in [5.41, 5.74) is 4.40. The first-order valence-electron chi connectivity index (χ1n) is 10.2. The van der Waals surface area contributed by atoms with E-state index < -0.39 is 6.17 Å². The summed E-state index contributed by atoms with van der Waals surface area (Å²) >= 11 is 0. The highest BCUT2D eigenvalue weighted by Gasteiger charge is 2.48. The summed E-state index contributed by atoms with van der Waals surface area (Å²) in [6, 6.07) is 19.6. The summed E-state index contributed by atoms with van der Waals surface area (Å²) in [7, 11) is 0. The highest BCUT2D eigenvalue weighted by molar-refractivity contribution is 6.17. The molecule has 2 aliphatic heterocycles. The zero-order valence-electron chi connectivity index (χ0n) is 16.8. The van der Waals surface area contributed by atoms with Crippen LogP contribution in [0.4, 0.5) is 11.4 Å². The lowest BCUT2D eigenvalue weighted by Crippen LogP contribution is -2.50. The smallest absolute Gasteiger partial charge is 0.260 e. The van der Waals surface area contributed by atoms with Crippen LogP contribution < -0.4 is 10.2 Å². The number of carbonyl (C=O) groups is 3. The molecule has 8 nitrogen and oxygen atoms in total. The largest absolute Gasteiger partial charge is 0.345 e. The minimum Gasteiger partial charge on any atom is -0.345 e. The zero-order chi connectivity index (χ0) is 21.8. The van der Waals surface area contributed by atoms with Crippen LogP contribution in [-0.2, 0) is 4.79 Å². The number of nitrogens with zero attached hydrogens (tertiary/aromatic N) is 3. The SMILES string of the molecule is O=C(CN1C(=O)c2ccccc2N2C(=O)c3ccccc3[C@@H]12)Nc1ccc2nc[nH]c2c1. The number of anilines is 2. The van der Waals surface area contributed by atoms with Crippen LogP contribution in [0.5, 0.6) is 0 Å². The molecule has 0 bridgehead atoms. The molecule has 0 spiro atoms. The summed E-state index contributed by atoms with van der Waals surface area (Å²) in [5, 5.41) is 2.85. The van der Waals surface area contributed by atoms with Crippen LogP contribution in [0.25, 0.3) is 11.0 Å². The molecule has 3 heterocycles. The van der Waals surface area contributed by atoms with Gasteiger partial charge in [0.1, 0.15) is 12.7 Å². The van der Waals surface area contributed by atoms with Crippen molar-refractivity contribution in [1.82, 2.24) is 14.9 Å². The fourth-order valence-electron chi connectivity index (χ4n) is 4.50. The number of aromatic amines is 1. The normalized spacial score (nSPS) is 16.7. The molecule has 0 radical (unpaired) electrons. The maximum atomic E-state index is 13.4. The summed E-state index contributed by atoms with van der Waals surface area (Å²) in [5.74, 6) is -0.820. The van der Waals surface area contributed by atoms with Crippen molar-refractivity contribution in [3.8, 4) is 0 Å². The van der Waals surface area contributed by atoms with Crippen molar-refractivity contribution in [2.75, 3.05) is 16.8 Å². The minimum atomic E-state index is -0.665. The number of carbonyl (C=O) groups excluding carboxylic acids is 3. The van der Waals surface area contributed by atoms with Crippen LogP contribution in [0.2, 0.25) is 0 Å². The molecule has 1 atom stereocenters. The van der Waals surface area contributed by atoms with Crippen LogP contribution in [0.3, 0.4) is 0 Å². The third kappa shape index (κ3) is 2.63. The average Bonchev–Trinajstić information content (AvgIpc) is 3.39. The van der Waals surface area contributed by atoms with E-state index >= 15 is 0 Å². The minimum absolute atomic E-state index is 0.180. The van der Waals surface area contributed by atoms with Crippen LogP contribution in [0.1, 0.15) is 32.4 Å². The molecular formula is C24H17N5O3. The molecule has 4 aromatic rings. The van der Waals surface area contributed by atoms with Crippen molar-refractivity contribution in [2.45, 2.75) is 6.17 Å². The van der Waals surface area contributed by atoms with Gasteiger partial charge in [-0.3, -0.25) is 19.3 Å². The molecule has 3 amide bonds. The molecule has 0 saturated heterocycles. The Hall–Kier alpha value is -4.46. The molecule has 2 aliphatic rings. The summed E-state index contributed by atoms with van der Waals surface area (Å²) in [4.78, 5) is 49.8. The van der Waals surface area contributed by atoms with Crippen molar-refractivity contribution >= 4 is 40.1 Å². The second-order valence-corrected chi connectivity index (χ2v) is 7.77. The quantitative estimate of drug-likeness (QED) is 0.528. The van der Waals surface area contributed by atoms with E-state index in [1.54, 1.807) is 65.8 Å². The van der Waals surface area contributed by atoms with Gasteiger partial charge >= 0.3 is 0 Å². The first-order chi connectivity index (χ1) is 15.6. The molecular weight excluding hydrogens is 406 g/mol. The maximum absolute atomic E-state index is 13.4. The Morgan fingerprint density at radius 3 is 2.62 bits per heavy atom. The Morgan fingerprint density at radius 2 is 1.75 bits per heavy atom. The number of H-pyrrole nitrogens is 1. The number of imidazole rings is 1. The van der Waals surface area contributed by atoms with Gasteiger partial charge in [0.05, 0.1) is 28.6 Å². The number of rotatable bonds is 3.